The standard InChI is InChI=1S/C8H13N3O4S2/c1-2-3-9-17(14,15)10-4-7-11-6(5-16-7)8(12)13/h5,9-10H,2-4H2,1H3,(H,12,13). The van der Waals surface area contributed by atoms with E-state index >= 15 is 0 Å². The molecular weight excluding hydrogens is 266 g/mol. The molecule has 0 aromatic carbocycles. The molecule has 1 aromatic rings. The molecule has 0 saturated carbocycles. The van der Waals surface area contributed by atoms with Gasteiger partial charge in [-0.05, 0) is 6.42 Å². The van der Waals surface area contributed by atoms with Crippen LogP contribution in [0.15, 0.2) is 5.38 Å². The topological polar surface area (TPSA) is 108 Å². The zero-order valence-corrected chi connectivity index (χ0v) is 10.8. The van der Waals surface area contributed by atoms with Crippen LogP contribution < -0.4 is 9.44 Å². The van der Waals surface area contributed by atoms with Crippen LogP contribution in [0.1, 0.15) is 28.8 Å². The molecule has 1 aromatic heterocycles. The summed E-state index contributed by atoms with van der Waals surface area (Å²) in [7, 11) is -3.53. The van der Waals surface area contributed by atoms with Crippen molar-refractivity contribution in [1.29, 1.82) is 0 Å². The summed E-state index contributed by atoms with van der Waals surface area (Å²) in [5, 5.41) is 10.4. The second-order valence-corrected chi connectivity index (χ2v) is 5.68. The number of carboxylic acids is 1. The monoisotopic (exact) mass is 279 g/mol. The maximum atomic E-state index is 11.3. The van der Waals surface area contributed by atoms with Gasteiger partial charge >= 0.3 is 5.97 Å². The van der Waals surface area contributed by atoms with Crippen molar-refractivity contribution in [2.24, 2.45) is 0 Å². The number of aromatic carboxylic acids is 1. The van der Waals surface area contributed by atoms with Gasteiger partial charge in [0.15, 0.2) is 5.69 Å². The minimum absolute atomic E-state index is 0.0169. The van der Waals surface area contributed by atoms with Crippen LogP contribution in [0.25, 0.3) is 0 Å². The molecule has 9 heteroatoms. The molecule has 0 fully saturated rings. The van der Waals surface area contributed by atoms with Gasteiger partial charge < -0.3 is 5.11 Å². The van der Waals surface area contributed by atoms with Gasteiger partial charge in [-0.15, -0.1) is 11.3 Å². The van der Waals surface area contributed by atoms with Crippen LogP contribution in [0.5, 0.6) is 0 Å². The third kappa shape index (κ3) is 4.77. The van der Waals surface area contributed by atoms with Crippen molar-refractivity contribution < 1.29 is 18.3 Å². The quantitative estimate of drug-likeness (QED) is 0.659. The lowest BCUT2D eigenvalue weighted by molar-refractivity contribution is 0.0691. The first-order chi connectivity index (χ1) is 7.94. The van der Waals surface area contributed by atoms with E-state index in [0.29, 0.717) is 18.0 Å². The van der Waals surface area contributed by atoms with E-state index in [1.807, 2.05) is 6.92 Å². The molecule has 0 radical (unpaired) electrons. The summed E-state index contributed by atoms with van der Waals surface area (Å²) in [6, 6.07) is 0. The molecule has 0 aliphatic heterocycles. The van der Waals surface area contributed by atoms with Gasteiger partial charge in [0.05, 0.1) is 6.54 Å². The van der Waals surface area contributed by atoms with Crippen molar-refractivity contribution in [1.82, 2.24) is 14.4 Å². The van der Waals surface area contributed by atoms with Crippen molar-refractivity contribution >= 4 is 27.5 Å². The van der Waals surface area contributed by atoms with Gasteiger partial charge in [0.2, 0.25) is 0 Å². The first-order valence-corrected chi connectivity index (χ1v) is 7.23. The summed E-state index contributed by atoms with van der Waals surface area (Å²) in [5.41, 5.74) is -0.0780. The normalized spacial score (nSPS) is 11.6. The molecular formula is C8H13N3O4S2. The molecule has 0 unspecified atom stereocenters. The van der Waals surface area contributed by atoms with E-state index in [9.17, 15) is 13.2 Å². The maximum absolute atomic E-state index is 11.3. The minimum atomic E-state index is -3.53. The summed E-state index contributed by atoms with van der Waals surface area (Å²) in [4.78, 5) is 14.3. The highest BCUT2D eigenvalue weighted by Gasteiger charge is 2.12. The van der Waals surface area contributed by atoms with Crippen molar-refractivity contribution in [3.05, 3.63) is 16.1 Å². The van der Waals surface area contributed by atoms with Gasteiger partial charge in [0.1, 0.15) is 5.01 Å². The van der Waals surface area contributed by atoms with Gasteiger partial charge in [0.25, 0.3) is 10.2 Å². The zero-order valence-electron chi connectivity index (χ0n) is 9.13. The summed E-state index contributed by atoms with van der Waals surface area (Å²) in [5.74, 6) is -1.13. The van der Waals surface area contributed by atoms with E-state index < -0.39 is 16.2 Å². The second kappa shape index (κ2) is 6.05. The second-order valence-electron chi connectivity index (χ2n) is 3.15. The molecule has 17 heavy (non-hydrogen) atoms. The number of carboxylic acid groups (broad SMARTS) is 1. The highest BCUT2D eigenvalue weighted by atomic mass is 32.2. The number of nitrogens with one attached hydrogen (secondary N) is 2. The van der Waals surface area contributed by atoms with Crippen LogP contribution in [-0.4, -0.2) is 31.0 Å². The molecule has 96 valence electrons. The largest absolute Gasteiger partial charge is 0.476 e. The predicted octanol–water partition coefficient (Wildman–Crippen LogP) is 0.175. The number of carbonyl (C=O) groups is 1. The Balaban J connectivity index is 2.52. The Bertz CT molecular complexity index is 483. The summed E-state index contributed by atoms with van der Waals surface area (Å²) in [6.45, 7) is 2.19. The average molecular weight is 279 g/mol. The third-order valence-corrected chi connectivity index (χ3v) is 3.68. The first-order valence-electron chi connectivity index (χ1n) is 4.86. The lowest BCUT2D eigenvalue weighted by Gasteiger charge is -2.05. The molecule has 1 rings (SSSR count). The van der Waals surface area contributed by atoms with E-state index in [1.54, 1.807) is 0 Å². The maximum Gasteiger partial charge on any atom is 0.355 e. The van der Waals surface area contributed by atoms with Gasteiger partial charge in [-0.2, -0.15) is 13.1 Å². The zero-order chi connectivity index (χ0) is 12.9. The fourth-order valence-corrected chi connectivity index (χ4v) is 2.64. The fraction of sp³-hybridized carbons (Fsp3) is 0.500. The van der Waals surface area contributed by atoms with E-state index in [4.69, 9.17) is 5.11 Å². The van der Waals surface area contributed by atoms with Crippen LogP contribution in [0.4, 0.5) is 0 Å². The molecule has 1 heterocycles. The van der Waals surface area contributed by atoms with E-state index in [-0.39, 0.29) is 12.2 Å². The molecule has 3 N–H and O–H groups in total. The Kier molecular flexibility index (Phi) is 5.00. The summed E-state index contributed by atoms with van der Waals surface area (Å²) in [6.07, 6.45) is 0.696. The summed E-state index contributed by atoms with van der Waals surface area (Å²) >= 11 is 1.10. The Morgan fingerprint density at radius 3 is 2.76 bits per heavy atom. The molecule has 0 amide bonds. The van der Waals surface area contributed by atoms with Gasteiger partial charge in [-0.3, -0.25) is 0 Å². The van der Waals surface area contributed by atoms with Crippen LogP contribution >= 0.6 is 11.3 Å². The highest BCUT2D eigenvalue weighted by molar-refractivity contribution is 7.87. The molecule has 0 spiro atoms. The molecule has 0 aliphatic carbocycles. The number of hydrogen-bond acceptors (Lipinski definition) is 5. The first kappa shape index (κ1) is 14.0. The molecule has 0 bridgehead atoms. The number of aromatic nitrogens is 1. The lowest BCUT2D eigenvalue weighted by atomic mass is 10.5. The molecule has 0 aliphatic rings. The van der Waals surface area contributed by atoms with Crippen LogP contribution in [0.3, 0.4) is 0 Å². The Labute approximate surface area is 103 Å². The average Bonchev–Trinajstić information content (AvgIpc) is 2.73. The number of thiazole rings is 1. The van der Waals surface area contributed by atoms with Crippen molar-refractivity contribution in [3.63, 3.8) is 0 Å². The third-order valence-electron chi connectivity index (χ3n) is 1.73. The Morgan fingerprint density at radius 2 is 2.24 bits per heavy atom. The van der Waals surface area contributed by atoms with Crippen molar-refractivity contribution in [2.75, 3.05) is 6.54 Å². The van der Waals surface area contributed by atoms with Crippen molar-refractivity contribution in [2.45, 2.75) is 19.9 Å². The van der Waals surface area contributed by atoms with Gasteiger partial charge in [-0.25, -0.2) is 14.5 Å². The summed E-state index contributed by atoms with van der Waals surface area (Å²) < 4.78 is 27.3. The minimum Gasteiger partial charge on any atom is -0.476 e. The number of hydrogen-bond donors (Lipinski definition) is 3. The predicted molar refractivity (Wildman–Crippen MR) is 63.1 cm³/mol. The highest BCUT2D eigenvalue weighted by Crippen LogP contribution is 2.09. The van der Waals surface area contributed by atoms with E-state index in [2.05, 4.69) is 14.4 Å². The SMILES string of the molecule is CCCNS(=O)(=O)NCc1nc(C(=O)O)cs1. The fourth-order valence-electron chi connectivity index (χ4n) is 0.935. The smallest absolute Gasteiger partial charge is 0.355 e. The number of rotatable bonds is 7. The van der Waals surface area contributed by atoms with E-state index in [1.165, 1.54) is 5.38 Å². The molecule has 0 saturated heterocycles. The van der Waals surface area contributed by atoms with Gasteiger partial charge in [0, 0.05) is 11.9 Å². The Hall–Kier alpha value is -1.03. The van der Waals surface area contributed by atoms with Crippen LogP contribution in [0.2, 0.25) is 0 Å². The van der Waals surface area contributed by atoms with E-state index in [0.717, 1.165) is 11.3 Å². The van der Waals surface area contributed by atoms with Crippen LogP contribution in [-0.2, 0) is 16.8 Å². The van der Waals surface area contributed by atoms with Crippen LogP contribution in [0, 0.1) is 0 Å². The number of nitrogens with zero attached hydrogens (tertiary/aromatic N) is 1. The molecule has 7 nitrogen and oxygen atoms in total. The van der Waals surface area contributed by atoms with Crippen molar-refractivity contribution in [3.8, 4) is 0 Å². The molecule has 0 atom stereocenters. The Morgan fingerprint density at radius 1 is 1.53 bits per heavy atom. The lowest BCUT2D eigenvalue weighted by Crippen LogP contribution is -2.36. The van der Waals surface area contributed by atoms with Gasteiger partial charge in [-0.1, -0.05) is 6.92 Å².